The van der Waals surface area contributed by atoms with Crippen molar-refractivity contribution in [1.82, 2.24) is 9.88 Å². The summed E-state index contributed by atoms with van der Waals surface area (Å²) in [6.07, 6.45) is 4.60. The van der Waals surface area contributed by atoms with E-state index in [1.54, 1.807) is 14.2 Å². The Balaban J connectivity index is 1.72. The third-order valence-electron chi connectivity index (χ3n) is 5.64. The summed E-state index contributed by atoms with van der Waals surface area (Å²) in [4.78, 5) is 16.4. The van der Waals surface area contributed by atoms with Crippen molar-refractivity contribution in [3.05, 3.63) is 59.3 Å². The van der Waals surface area contributed by atoms with Crippen LogP contribution in [-0.2, 0) is 22.4 Å². The smallest absolute Gasteiger partial charge is 0.161 e. The average Bonchev–Trinajstić information content (AvgIpc) is 3.17. The molecule has 0 radical (unpaired) electrons. The molecule has 0 saturated carbocycles. The van der Waals surface area contributed by atoms with E-state index in [1.807, 2.05) is 6.07 Å². The van der Waals surface area contributed by atoms with Crippen molar-refractivity contribution in [2.24, 2.45) is 0 Å². The molecular weight excluding hydrogens is 368 g/mol. The van der Waals surface area contributed by atoms with Crippen LogP contribution < -0.4 is 9.47 Å². The van der Waals surface area contributed by atoms with Crippen LogP contribution in [0.15, 0.2) is 42.6 Å². The van der Waals surface area contributed by atoms with E-state index >= 15 is 0 Å². The number of para-hydroxylation sites is 1. The molecule has 3 aromatic rings. The molecule has 29 heavy (non-hydrogen) atoms. The summed E-state index contributed by atoms with van der Waals surface area (Å²) in [5.74, 6) is 1.48. The molecule has 0 amide bonds. The number of benzene rings is 2. The number of hydrogen-bond donors (Lipinski definition) is 1. The highest BCUT2D eigenvalue weighted by Crippen LogP contribution is 2.40. The molecular formula is C23H26N2O4. The molecule has 0 bridgehead atoms. The molecule has 1 aliphatic rings. The van der Waals surface area contributed by atoms with E-state index in [0.29, 0.717) is 6.73 Å². The summed E-state index contributed by atoms with van der Waals surface area (Å²) in [6.45, 7) is 1.38. The topological polar surface area (TPSA) is 63.8 Å². The van der Waals surface area contributed by atoms with Gasteiger partial charge in [-0.3, -0.25) is 4.90 Å². The van der Waals surface area contributed by atoms with Crippen LogP contribution in [0.2, 0.25) is 0 Å². The van der Waals surface area contributed by atoms with Crippen molar-refractivity contribution in [3.63, 3.8) is 0 Å². The van der Waals surface area contributed by atoms with Gasteiger partial charge in [-0.05, 0) is 47.7 Å². The minimum absolute atomic E-state index is 0.106. The first-order chi connectivity index (χ1) is 14.2. The Morgan fingerprint density at radius 3 is 2.76 bits per heavy atom. The maximum absolute atomic E-state index is 10.7. The van der Waals surface area contributed by atoms with Gasteiger partial charge in [-0.25, -0.2) is 0 Å². The summed E-state index contributed by atoms with van der Waals surface area (Å²) in [5, 5.41) is 1.23. The normalized spacial score (nSPS) is 16.6. The monoisotopic (exact) mass is 394 g/mol. The van der Waals surface area contributed by atoms with Gasteiger partial charge in [0.25, 0.3) is 0 Å². The van der Waals surface area contributed by atoms with Crippen LogP contribution >= 0.6 is 0 Å². The molecule has 0 fully saturated rings. The third kappa shape index (κ3) is 3.86. The van der Waals surface area contributed by atoms with Crippen LogP contribution in [0.3, 0.4) is 0 Å². The second-order valence-corrected chi connectivity index (χ2v) is 7.21. The number of aromatic amines is 1. The zero-order chi connectivity index (χ0) is 20.2. The molecule has 6 heteroatoms. The molecule has 2 heterocycles. The predicted octanol–water partition coefficient (Wildman–Crippen LogP) is 3.50. The summed E-state index contributed by atoms with van der Waals surface area (Å²) in [6, 6.07) is 12.6. The van der Waals surface area contributed by atoms with Gasteiger partial charge in [-0.15, -0.1) is 0 Å². The van der Waals surface area contributed by atoms with Gasteiger partial charge in [0.1, 0.15) is 19.6 Å². The van der Waals surface area contributed by atoms with Crippen molar-refractivity contribution in [3.8, 4) is 11.5 Å². The van der Waals surface area contributed by atoms with Crippen molar-refractivity contribution in [1.29, 1.82) is 0 Å². The molecule has 0 spiro atoms. The van der Waals surface area contributed by atoms with E-state index in [9.17, 15) is 4.79 Å². The van der Waals surface area contributed by atoms with E-state index in [-0.39, 0.29) is 12.6 Å². The first-order valence-corrected chi connectivity index (χ1v) is 9.80. The lowest BCUT2D eigenvalue weighted by Gasteiger charge is -2.37. The number of ether oxygens (including phenoxy) is 3. The summed E-state index contributed by atoms with van der Waals surface area (Å²) in [7, 11) is 3.32. The standard InChI is InChI=1S/C23H26N2O4/c1-27-22-12-16-7-8-25(15-29-10-9-26)21(19(16)13-23(22)28-2)11-17-14-24-20-6-4-3-5-18(17)20/h3-6,9,12-14,21,24H,7-8,10-11,15H2,1-2H3. The summed E-state index contributed by atoms with van der Waals surface area (Å²) < 4.78 is 16.6. The number of aldehydes is 1. The zero-order valence-electron chi connectivity index (χ0n) is 16.8. The number of carbonyl (C=O) groups excluding carboxylic acids is 1. The molecule has 2 aromatic carbocycles. The van der Waals surface area contributed by atoms with Crippen LogP contribution in [0.1, 0.15) is 22.7 Å². The second-order valence-electron chi connectivity index (χ2n) is 7.21. The lowest BCUT2D eigenvalue weighted by atomic mass is 9.88. The van der Waals surface area contributed by atoms with Crippen molar-refractivity contribution in [2.75, 3.05) is 34.1 Å². The molecule has 1 unspecified atom stereocenters. The number of nitrogens with zero attached hydrogens (tertiary/aromatic N) is 1. The molecule has 1 atom stereocenters. The first kappa shape index (κ1) is 19.5. The van der Waals surface area contributed by atoms with E-state index in [2.05, 4.69) is 46.4 Å². The van der Waals surface area contributed by atoms with E-state index in [1.165, 1.54) is 22.1 Å². The Hall–Kier alpha value is -2.83. The van der Waals surface area contributed by atoms with Gasteiger partial charge in [-0.1, -0.05) is 18.2 Å². The fourth-order valence-electron chi connectivity index (χ4n) is 4.20. The van der Waals surface area contributed by atoms with E-state index < -0.39 is 0 Å². The number of H-pyrrole nitrogens is 1. The van der Waals surface area contributed by atoms with Crippen LogP contribution in [-0.4, -0.2) is 50.3 Å². The van der Waals surface area contributed by atoms with E-state index in [4.69, 9.17) is 14.2 Å². The van der Waals surface area contributed by atoms with Gasteiger partial charge in [0.2, 0.25) is 0 Å². The van der Waals surface area contributed by atoms with Crippen LogP contribution in [0, 0.1) is 0 Å². The van der Waals surface area contributed by atoms with Crippen LogP contribution in [0.5, 0.6) is 11.5 Å². The van der Waals surface area contributed by atoms with Crippen molar-refractivity contribution < 1.29 is 19.0 Å². The fourth-order valence-corrected chi connectivity index (χ4v) is 4.20. The number of aromatic nitrogens is 1. The highest BCUT2D eigenvalue weighted by atomic mass is 16.5. The highest BCUT2D eigenvalue weighted by molar-refractivity contribution is 5.83. The maximum atomic E-state index is 10.7. The van der Waals surface area contributed by atoms with E-state index in [0.717, 1.165) is 42.7 Å². The Bertz CT molecular complexity index is 998. The number of rotatable bonds is 8. The Labute approximate surface area is 170 Å². The van der Waals surface area contributed by atoms with Gasteiger partial charge in [0, 0.05) is 29.7 Å². The number of fused-ring (bicyclic) bond motifs is 2. The van der Waals surface area contributed by atoms with Crippen molar-refractivity contribution in [2.45, 2.75) is 18.9 Å². The Morgan fingerprint density at radius 2 is 1.97 bits per heavy atom. The second kappa shape index (κ2) is 8.68. The Morgan fingerprint density at radius 1 is 1.17 bits per heavy atom. The zero-order valence-corrected chi connectivity index (χ0v) is 16.8. The molecule has 1 aromatic heterocycles. The fraction of sp³-hybridized carbons (Fsp3) is 0.348. The number of nitrogens with one attached hydrogen (secondary N) is 1. The lowest BCUT2D eigenvalue weighted by molar-refractivity contribution is -0.114. The highest BCUT2D eigenvalue weighted by Gasteiger charge is 2.30. The summed E-state index contributed by atoms with van der Waals surface area (Å²) in [5.41, 5.74) is 4.87. The third-order valence-corrected chi connectivity index (χ3v) is 5.64. The molecule has 1 N–H and O–H groups in total. The molecule has 1 aliphatic heterocycles. The van der Waals surface area contributed by atoms with Gasteiger partial charge < -0.3 is 24.0 Å². The predicted molar refractivity (Wildman–Crippen MR) is 112 cm³/mol. The molecule has 0 saturated heterocycles. The van der Waals surface area contributed by atoms with Gasteiger partial charge >= 0.3 is 0 Å². The van der Waals surface area contributed by atoms with Crippen molar-refractivity contribution >= 4 is 17.2 Å². The molecule has 4 rings (SSSR count). The van der Waals surface area contributed by atoms with Gasteiger partial charge in [-0.2, -0.15) is 0 Å². The van der Waals surface area contributed by atoms with Gasteiger partial charge in [0.15, 0.2) is 11.5 Å². The Kier molecular flexibility index (Phi) is 5.83. The maximum Gasteiger partial charge on any atom is 0.161 e. The first-order valence-electron chi connectivity index (χ1n) is 9.80. The van der Waals surface area contributed by atoms with Crippen LogP contribution in [0.4, 0.5) is 0 Å². The minimum atomic E-state index is 0.106. The number of methoxy groups -OCH3 is 2. The SMILES string of the molecule is COc1cc2c(cc1OC)C(Cc1c[nH]c3ccccc13)N(COCC=O)CC2. The number of carbonyl (C=O) groups is 1. The molecule has 152 valence electrons. The molecule has 0 aliphatic carbocycles. The largest absolute Gasteiger partial charge is 0.493 e. The average molecular weight is 394 g/mol. The quantitative estimate of drug-likeness (QED) is 0.468. The lowest BCUT2D eigenvalue weighted by Crippen LogP contribution is -2.38. The summed E-state index contributed by atoms with van der Waals surface area (Å²) >= 11 is 0. The number of hydrogen-bond acceptors (Lipinski definition) is 5. The minimum Gasteiger partial charge on any atom is -0.493 e. The van der Waals surface area contributed by atoms with Gasteiger partial charge in [0.05, 0.1) is 14.2 Å². The van der Waals surface area contributed by atoms with Crippen LogP contribution in [0.25, 0.3) is 10.9 Å². The molecule has 6 nitrogen and oxygen atoms in total.